The lowest BCUT2D eigenvalue weighted by Crippen LogP contribution is -2.26. The second kappa shape index (κ2) is 11.5. The van der Waals surface area contributed by atoms with Crippen LogP contribution in [0.5, 0.6) is 0 Å². The largest absolute Gasteiger partial charge is 0.257 e. The van der Waals surface area contributed by atoms with E-state index >= 15 is 0 Å². The molecular weight excluding hydrogens is 412 g/mol. The van der Waals surface area contributed by atoms with Gasteiger partial charge in [-0.2, -0.15) is 0 Å². The fourth-order valence-corrected chi connectivity index (χ4v) is 5.26. The standard InChI is InChI=1S/C32H46N2/c1-20(2)25-15-12-16-26(21(3)4)31(25)33-24(9)29-14-10-11-19-30(29)34-32-27(22(5)6)17-13-18-28(32)23(7)8/h12-13,15-18,20-23,29H,10-11,14,19H2,1-9H3. The molecule has 2 nitrogen and oxygen atoms in total. The van der Waals surface area contributed by atoms with Crippen molar-refractivity contribution in [2.24, 2.45) is 15.9 Å². The molecule has 1 saturated carbocycles. The van der Waals surface area contributed by atoms with Crippen molar-refractivity contribution in [2.75, 3.05) is 0 Å². The first-order valence-electron chi connectivity index (χ1n) is 13.5. The SMILES string of the molecule is CC(=Nc1c(C(C)C)cccc1C(C)C)C1CCCCC1=Nc1c(C(C)C)cccc1C(C)C. The predicted octanol–water partition coefficient (Wildman–Crippen LogP) is 10.2. The molecule has 0 saturated heterocycles. The Kier molecular flexibility index (Phi) is 8.90. The smallest absolute Gasteiger partial charge is 0.0698 e. The lowest BCUT2D eigenvalue weighted by atomic mass is 9.83. The van der Waals surface area contributed by atoms with Crippen LogP contribution >= 0.6 is 0 Å². The molecule has 0 aromatic heterocycles. The fourth-order valence-electron chi connectivity index (χ4n) is 5.26. The topological polar surface area (TPSA) is 24.7 Å². The molecule has 2 heteroatoms. The Labute approximate surface area is 209 Å². The molecule has 1 aliphatic rings. The Morgan fingerprint density at radius 2 is 1.12 bits per heavy atom. The van der Waals surface area contributed by atoms with Crippen molar-refractivity contribution in [3.8, 4) is 0 Å². The first-order chi connectivity index (χ1) is 16.1. The lowest BCUT2D eigenvalue weighted by Gasteiger charge is -2.27. The molecule has 1 unspecified atom stereocenters. The minimum atomic E-state index is 0.328. The molecule has 0 radical (unpaired) electrons. The number of aliphatic imine (C=N–C) groups is 2. The second-order valence-electron chi connectivity index (χ2n) is 11.3. The third-order valence-electron chi connectivity index (χ3n) is 7.31. The van der Waals surface area contributed by atoms with Gasteiger partial charge in [0, 0.05) is 17.3 Å². The number of benzene rings is 2. The van der Waals surface area contributed by atoms with Gasteiger partial charge >= 0.3 is 0 Å². The lowest BCUT2D eigenvalue weighted by molar-refractivity contribution is 0.611. The zero-order chi connectivity index (χ0) is 25.0. The molecule has 0 bridgehead atoms. The molecule has 1 atom stereocenters. The molecule has 0 aliphatic heterocycles. The molecular formula is C32H46N2. The number of nitrogens with zero attached hydrogens (tertiary/aromatic N) is 2. The summed E-state index contributed by atoms with van der Waals surface area (Å²) in [6.45, 7) is 20.5. The summed E-state index contributed by atoms with van der Waals surface area (Å²) >= 11 is 0. The van der Waals surface area contributed by atoms with Crippen molar-refractivity contribution in [1.82, 2.24) is 0 Å². The van der Waals surface area contributed by atoms with Crippen LogP contribution in [0.1, 0.15) is 134 Å². The Morgan fingerprint density at radius 3 is 1.56 bits per heavy atom. The van der Waals surface area contributed by atoms with Crippen molar-refractivity contribution in [3.63, 3.8) is 0 Å². The highest BCUT2D eigenvalue weighted by atomic mass is 14.8. The summed E-state index contributed by atoms with van der Waals surface area (Å²) in [5.41, 5.74) is 10.4. The first-order valence-corrected chi connectivity index (χ1v) is 13.5. The summed E-state index contributed by atoms with van der Waals surface area (Å²) < 4.78 is 0. The highest BCUT2D eigenvalue weighted by Gasteiger charge is 2.25. The molecule has 34 heavy (non-hydrogen) atoms. The molecule has 1 aliphatic carbocycles. The van der Waals surface area contributed by atoms with Crippen LogP contribution in [0.3, 0.4) is 0 Å². The Balaban J connectivity index is 2.12. The summed E-state index contributed by atoms with van der Waals surface area (Å²) in [5.74, 6) is 2.16. The molecule has 0 heterocycles. The van der Waals surface area contributed by atoms with Crippen LogP contribution in [0, 0.1) is 5.92 Å². The molecule has 3 rings (SSSR count). The molecule has 1 fully saturated rings. The predicted molar refractivity (Wildman–Crippen MR) is 151 cm³/mol. The van der Waals surface area contributed by atoms with Crippen LogP contribution < -0.4 is 0 Å². The fraction of sp³-hybridized carbons (Fsp3) is 0.562. The van der Waals surface area contributed by atoms with Gasteiger partial charge in [-0.05, 0) is 72.1 Å². The third-order valence-corrected chi connectivity index (χ3v) is 7.31. The Morgan fingerprint density at radius 1 is 0.676 bits per heavy atom. The van der Waals surface area contributed by atoms with Crippen LogP contribution in [0.4, 0.5) is 11.4 Å². The number of hydrogen-bond donors (Lipinski definition) is 0. The van der Waals surface area contributed by atoms with E-state index in [1.165, 1.54) is 57.9 Å². The van der Waals surface area contributed by atoms with E-state index in [9.17, 15) is 0 Å². The highest BCUT2D eigenvalue weighted by Crippen LogP contribution is 2.38. The molecule has 0 spiro atoms. The van der Waals surface area contributed by atoms with Crippen LogP contribution in [0.15, 0.2) is 46.4 Å². The van der Waals surface area contributed by atoms with E-state index in [2.05, 4.69) is 98.7 Å². The van der Waals surface area contributed by atoms with Gasteiger partial charge in [0.15, 0.2) is 0 Å². The highest BCUT2D eigenvalue weighted by molar-refractivity contribution is 6.08. The summed E-state index contributed by atoms with van der Waals surface area (Å²) in [4.78, 5) is 10.8. The van der Waals surface area contributed by atoms with E-state index in [0.717, 1.165) is 12.8 Å². The van der Waals surface area contributed by atoms with Gasteiger partial charge in [0.05, 0.1) is 11.4 Å². The van der Waals surface area contributed by atoms with E-state index in [1.807, 2.05) is 0 Å². The quantitative estimate of drug-likeness (QED) is 0.369. The maximum atomic E-state index is 5.46. The summed E-state index contributed by atoms with van der Waals surface area (Å²) in [6, 6.07) is 13.4. The number of para-hydroxylation sites is 2. The Bertz CT molecular complexity index is 984. The van der Waals surface area contributed by atoms with Crippen molar-refractivity contribution in [1.29, 1.82) is 0 Å². The average Bonchev–Trinajstić information content (AvgIpc) is 2.79. The molecule has 2 aromatic rings. The van der Waals surface area contributed by atoms with E-state index in [4.69, 9.17) is 9.98 Å². The normalized spacial score (nSPS) is 18.7. The van der Waals surface area contributed by atoms with Gasteiger partial charge in [-0.25, -0.2) is 0 Å². The Hall–Kier alpha value is -2.22. The van der Waals surface area contributed by atoms with E-state index in [1.54, 1.807) is 0 Å². The van der Waals surface area contributed by atoms with Crippen LogP contribution in [-0.4, -0.2) is 11.4 Å². The molecule has 184 valence electrons. The number of rotatable bonds is 7. The van der Waals surface area contributed by atoms with Gasteiger partial charge in [-0.1, -0.05) is 98.2 Å². The summed E-state index contributed by atoms with van der Waals surface area (Å²) in [5, 5.41) is 0. The zero-order valence-electron chi connectivity index (χ0n) is 23.1. The van der Waals surface area contributed by atoms with Crippen molar-refractivity contribution in [3.05, 3.63) is 58.7 Å². The monoisotopic (exact) mass is 458 g/mol. The van der Waals surface area contributed by atoms with Crippen molar-refractivity contribution in [2.45, 2.75) is 112 Å². The van der Waals surface area contributed by atoms with Crippen molar-refractivity contribution < 1.29 is 0 Å². The van der Waals surface area contributed by atoms with E-state index < -0.39 is 0 Å². The second-order valence-corrected chi connectivity index (χ2v) is 11.3. The van der Waals surface area contributed by atoms with Crippen molar-refractivity contribution >= 4 is 22.8 Å². The summed E-state index contributed by atoms with van der Waals surface area (Å²) in [6.07, 6.45) is 4.70. The van der Waals surface area contributed by atoms with Gasteiger partial charge in [-0.3, -0.25) is 9.98 Å². The molecule has 2 aromatic carbocycles. The van der Waals surface area contributed by atoms with E-state index in [-0.39, 0.29) is 0 Å². The van der Waals surface area contributed by atoms with Crippen LogP contribution in [-0.2, 0) is 0 Å². The maximum Gasteiger partial charge on any atom is 0.0698 e. The average molecular weight is 459 g/mol. The number of hydrogen-bond acceptors (Lipinski definition) is 2. The van der Waals surface area contributed by atoms with Crippen LogP contribution in [0.25, 0.3) is 0 Å². The minimum Gasteiger partial charge on any atom is -0.257 e. The molecule has 0 N–H and O–H groups in total. The van der Waals surface area contributed by atoms with Gasteiger partial charge in [0.25, 0.3) is 0 Å². The minimum absolute atomic E-state index is 0.328. The van der Waals surface area contributed by atoms with Gasteiger partial charge in [0.2, 0.25) is 0 Å². The van der Waals surface area contributed by atoms with Gasteiger partial charge < -0.3 is 0 Å². The maximum absolute atomic E-state index is 5.46. The first kappa shape index (κ1) is 26.4. The summed E-state index contributed by atoms with van der Waals surface area (Å²) in [7, 11) is 0. The van der Waals surface area contributed by atoms with Crippen LogP contribution in [0.2, 0.25) is 0 Å². The van der Waals surface area contributed by atoms with Gasteiger partial charge in [-0.15, -0.1) is 0 Å². The third kappa shape index (κ3) is 5.88. The van der Waals surface area contributed by atoms with E-state index in [0.29, 0.717) is 29.6 Å². The molecule has 0 amide bonds. The zero-order valence-corrected chi connectivity index (χ0v) is 23.1. The van der Waals surface area contributed by atoms with Gasteiger partial charge in [0.1, 0.15) is 0 Å².